The Hall–Kier alpha value is -2.91. The van der Waals surface area contributed by atoms with Crippen LogP contribution in [0, 0.1) is 6.92 Å². The zero-order chi connectivity index (χ0) is 23.6. The predicted octanol–water partition coefficient (Wildman–Crippen LogP) is 2.95. The van der Waals surface area contributed by atoms with Gasteiger partial charge in [0, 0.05) is 25.8 Å². The number of benzene rings is 2. The number of anilines is 2. The number of sulfonamides is 1. The van der Waals surface area contributed by atoms with E-state index in [4.69, 9.17) is 4.74 Å². The van der Waals surface area contributed by atoms with E-state index in [1.807, 2.05) is 31.2 Å². The van der Waals surface area contributed by atoms with E-state index in [0.717, 1.165) is 31.2 Å². The number of ether oxygens (including phenoxy) is 1. The zero-order valence-electron chi connectivity index (χ0n) is 19.0. The molecule has 0 radical (unpaired) electrons. The molecule has 0 unspecified atom stereocenters. The Labute approximate surface area is 194 Å². The van der Waals surface area contributed by atoms with E-state index in [9.17, 15) is 18.0 Å². The summed E-state index contributed by atoms with van der Waals surface area (Å²) in [6.07, 6.45) is 3.70. The molecule has 4 rings (SSSR count). The summed E-state index contributed by atoms with van der Waals surface area (Å²) >= 11 is 0. The van der Waals surface area contributed by atoms with Crippen molar-refractivity contribution in [2.24, 2.45) is 0 Å². The highest BCUT2D eigenvalue weighted by atomic mass is 32.2. The SMILES string of the molecule is Cc1ccc(N(C)C(=O)CN2C(=O)COc3ccc(S(=O)(=O)N4CCCCCC4)cc32)cc1. The summed E-state index contributed by atoms with van der Waals surface area (Å²) in [6, 6.07) is 12.0. The van der Waals surface area contributed by atoms with Gasteiger partial charge in [0.15, 0.2) is 6.61 Å². The minimum Gasteiger partial charge on any atom is -0.482 e. The number of amides is 2. The minimum absolute atomic E-state index is 0.103. The summed E-state index contributed by atoms with van der Waals surface area (Å²) in [5, 5.41) is 0. The van der Waals surface area contributed by atoms with E-state index in [0.29, 0.717) is 30.2 Å². The lowest BCUT2D eigenvalue weighted by Gasteiger charge is -2.31. The molecular formula is C24H29N3O5S. The molecular weight excluding hydrogens is 442 g/mol. The van der Waals surface area contributed by atoms with Crippen molar-refractivity contribution in [3.63, 3.8) is 0 Å². The van der Waals surface area contributed by atoms with Crippen LogP contribution in [0.4, 0.5) is 11.4 Å². The fourth-order valence-corrected chi connectivity index (χ4v) is 5.64. The minimum atomic E-state index is -3.71. The number of nitrogens with zero attached hydrogens (tertiary/aromatic N) is 3. The molecule has 1 saturated heterocycles. The summed E-state index contributed by atoms with van der Waals surface area (Å²) in [6.45, 7) is 2.52. The van der Waals surface area contributed by atoms with Crippen LogP contribution in [0.25, 0.3) is 0 Å². The average Bonchev–Trinajstić information content (AvgIpc) is 3.11. The third kappa shape index (κ3) is 4.89. The van der Waals surface area contributed by atoms with E-state index in [1.165, 1.54) is 26.2 Å². The van der Waals surface area contributed by atoms with Crippen molar-refractivity contribution < 1.29 is 22.7 Å². The molecule has 33 heavy (non-hydrogen) atoms. The Morgan fingerprint density at radius 1 is 1.03 bits per heavy atom. The van der Waals surface area contributed by atoms with E-state index >= 15 is 0 Å². The van der Waals surface area contributed by atoms with Crippen molar-refractivity contribution in [2.75, 3.05) is 43.1 Å². The van der Waals surface area contributed by atoms with Gasteiger partial charge in [-0.3, -0.25) is 14.5 Å². The topological polar surface area (TPSA) is 87.2 Å². The van der Waals surface area contributed by atoms with Crippen LogP contribution in [0.3, 0.4) is 0 Å². The highest BCUT2D eigenvalue weighted by molar-refractivity contribution is 7.89. The van der Waals surface area contributed by atoms with Crippen LogP contribution >= 0.6 is 0 Å². The van der Waals surface area contributed by atoms with Crippen molar-refractivity contribution in [1.29, 1.82) is 0 Å². The van der Waals surface area contributed by atoms with Gasteiger partial charge in [0.25, 0.3) is 5.91 Å². The van der Waals surface area contributed by atoms with Crippen molar-refractivity contribution in [3.8, 4) is 5.75 Å². The summed E-state index contributed by atoms with van der Waals surface area (Å²) in [7, 11) is -2.06. The lowest BCUT2D eigenvalue weighted by atomic mass is 10.2. The Kier molecular flexibility index (Phi) is 6.71. The van der Waals surface area contributed by atoms with Crippen LogP contribution in [0.1, 0.15) is 31.2 Å². The van der Waals surface area contributed by atoms with Gasteiger partial charge in [0.05, 0.1) is 10.6 Å². The second-order valence-corrected chi connectivity index (χ2v) is 10.4. The maximum atomic E-state index is 13.3. The summed E-state index contributed by atoms with van der Waals surface area (Å²) in [4.78, 5) is 28.6. The van der Waals surface area contributed by atoms with Crippen molar-refractivity contribution in [2.45, 2.75) is 37.5 Å². The maximum absolute atomic E-state index is 13.3. The summed E-state index contributed by atoms with van der Waals surface area (Å²) in [5.74, 6) is -0.298. The molecule has 2 amide bonds. The molecule has 2 aliphatic heterocycles. The predicted molar refractivity (Wildman–Crippen MR) is 126 cm³/mol. The van der Waals surface area contributed by atoms with Crippen LogP contribution in [-0.2, 0) is 19.6 Å². The molecule has 0 N–H and O–H groups in total. The third-order valence-corrected chi connectivity index (χ3v) is 8.06. The van der Waals surface area contributed by atoms with Gasteiger partial charge in [-0.2, -0.15) is 4.31 Å². The molecule has 176 valence electrons. The van der Waals surface area contributed by atoms with Gasteiger partial charge < -0.3 is 9.64 Å². The van der Waals surface area contributed by atoms with Crippen molar-refractivity contribution >= 4 is 33.2 Å². The normalized spacial score (nSPS) is 17.2. The third-order valence-electron chi connectivity index (χ3n) is 6.16. The van der Waals surface area contributed by atoms with Gasteiger partial charge in [-0.25, -0.2) is 8.42 Å². The lowest BCUT2D eigenvalue weighted by Crippen LogP contribution is -2.45. The standard InChI is InChI=1S/C24H29N3O5S/c1-18-7-9-19(10-8-18)25(2)23(28)16-27-21-15-20(11-12-22(21)32-17-24(27)29)33(30,31)26-13-5-3-4-6-14-26/h7-12,15H,3-6,13-14,16-17H2,1-2H3. The summed E-state index contributed by atoms with van der Waals surface area (Å²) in [5.41, 5.74) is 2.09. The Morgan fingerprint density at radius 2 is 1.70 bits per heavy atom. The monoisotopic (exact) mass is 471 g/mol. The largest absolute Gasteiger partial charge is 0.482 e. The molecule has 2 heterocycles. The second-order valence-electron chi connectivity index (χ2n) is 8.50. The lowest BCUT2D eigenvalue weighted by molar-refractivity contribution is -0.124. The molecule has 2 aromatic rings. The van der Waals surface area contributed by atoms with Crippen LogP contribution in [0.5, 0.6) is 5.75 Å². The fraction of sp³-hybridized carbons (Fsp3) is 0.417. The molecule has 0 saturated carbocycles. The van der Waals surface area contributed by atoms with Gasteiger partial charge in [0.2, 0.25) is 15.9 Å². The number of carbonyl (C=O) groups excluding carboxylic acids is 2. The van der Waals surface area contributed by atoms with Gasteiger partial charge in [0.1, 0.15) is 12.3 Å². The van der Waals surface area contributed by atoms with E-state index in [-0.39, 0.29) is 24.0 Å². The molecule has 0 spiro atoms. The first-order chi connectivity index (χ1) is 15.8. The van der Waals surface area contributed by atoms with Crippen LogP contribution < -0.4 is 14.5 Å². The quantitative estimate of drug-likeness (QED) is 0.669. The van der Waals surface area contributed by atoms with E-state index in [2.05, 4.69) is 0 Å². The number of aryl methyl sites for hydroxylation is 1. The number of hydrogen-bond donors (Lipinski definition) is 0. The molecule has 0 bridgehead atoms. The van der Waals surface area contributed by atoms with E-state index in [1.54, 1.807) is 13.1 Å². The maximum Gasteiger partial charge on any atom is 0.265 e. The first-order valence-electron chi connectivity index (χ1n) is 11.2. The Balaban J connectivity index is 1.60. The smallest absolute Gasteiger partial charge is 0.265 e. The highest BCUT2D eigenvalue weighted by Crippen LogP contribution is 2.35. The van der Waals surface area contributed by atoms with E-state index < -0.39 is 15.9 Å². The van der Waals surface area contributed by atoms with Gasteiger partial charge in [-0.15, -0.1) is 0 Å². The second kappa shape index (κ2) is 9.52. The highest BCUT2D eigenvalue weighted by Gasteiger charge is 2.32. The number of fused-ring (bicyclic) bond motifs is 1. The van der Waals surface area contributed by atoms with Crippen LogP contribution in [0.2, 0.25) is 0 Å². The molecule has 2 aliphatic rings. The number of likely N-dealkylation sites (N-methyl/N-ethyl adjacent to an activating group) is 1. The number of rotatable bonds is 5. The first kappa shape index (κ1) is 23.3. The summed E-state index contributed by atoms with van der Waals surface area (Å²) < 4.78 is 33.5. The Morgan fingerprint density at radius 3 is 2.36 bits per heavy atom. The van der Waals surface area contributed by atoms with Crippen LogP contribution in [-0.4, -0.2) is 57.8 Å². The average molecular weight is 472 g/mol. The molecule has 0 aromatic heterocycles. The van der Waals surface area contributed by atoms with Crippen molar-refractivity contribution in [3.05, 3.63) is 48.0 Å². The molecule has 2 aromatic carbocycles. The van der Waals surface area contributed by atoms with Gasteiger partial charge >= 0.3 is 0 Å². The number of hydrogen-bond acceptors (Lipinski definition) is 5. The molecule has 8 nitrogen and oxygen atoms in total. The number of carbonyl (C=O) groups is 2. The Bertz CT molecular complexity index is 1140. The fourth-order valence-electron chi connectivity index (χ4n) is 4.10. The van der Waals surface area contributed by atoms with Gasteiger partial charge in [-0.1, -0.05) is 30.5 Å². The molecule has 0 atom stereocenters. The molecule has 9 heteroatoms. The zero-order valence-corrected chi connectivity index (χ0v) is 19.8. The first-order valence-corrected chi connectivity index (χ1v) is 12.6. The van der Waals surface area contributed by atoms with Crippen molar-refractivity contribution in [1.82, 2.24) is 4.31 Å². The molecule has 1 fully saturated rings. The van der Waals surface area contributed by atoms with Crippen LogP contribution in [0.15, 0.2) is 47.4 Å². The van der Waals surface area contributed by atoms with Gasteiger partial charge in [-0.05, 0) is 50.1 Å². The molecule has 0 aliphatic carbocycles.